The van der Waals surface area contributed by atoms with E-state index in [-0.39, 0.29) is 6.04 Å². The fraction of sp³-hybridized carbons (Fsp3) is 0.833. The van der Waals surface area contributed by atoms with Gasteiger partial charge in [0, 0.05) is 6.54 Å². The molecule has 0 spiro atoms. The van der Waals surface area contributed by atoms with Crippen LogP contribution in [0.1, 0.15) is 20.3 Å². The van der Waals surface area contributed by atoms with E-state index in [1.54, 1.807) is 0 Å². The van der Waals surface area contributed by atoms with Crippen LogP contribution in [0, 0.1) is 0 Å². The molecule has 9 heavy (non-hydrogen) atoms. The smallest absolute Gasteiger partial charge is 0.111 e. The molecular formula is C6H15N3. The predicted octanol–water partition coefficient (Wildman–Crippen LogP) is 0.101. The number of aliphatic imine (C=N–C) groups is 1. The minimum Gasteiger partial charge on any atom is -0.386 e. The summed E-state index contributed by atoms with van der Waals surface area (Å²) in [6.45, 7) is 4.65. The maximum absolute atomic E-state index is 5.55. The maximum Gasteiger partial charge on any atom is 0.111 e. The normalized spacial score (nSPS) is 15.7. The van der Waals surface area contributed by atoms with E-state index in [0.717, 1.165) is 13.0 Å². The van der Waals surface area contributed by atoms with Gasteiger partial charge in [-0.05, 0) is 13.3 Å². The second-order valence-electron chi connectivity index (χ2n) is 1.91. The highest BCUT2D eigenvalue weighted by Crippen LogP contribution is 1.85. The first-order valence-corrected chi connectivity index (χ1v) is 3.27. The van der Waals surface area contributed by atoms with Crippen LogP contribution in [0.2, 0.25) is 0 Å². The minimum atomic E-state index is -0.0510. The van der Waals surface area contributed by atoms with Gasteiger partial charge in [-0.15, -0.1) is 0 Å². The Kier molecular flexibility index (Phi) is 4.05. The topological polar surface area (TPSA) is 64.4 Å². The molecule has 0 aliphatic rings. The molecule has 0 aromatic rings. The van der Waals surface area contributed by atoms with Gasteiger partial charge in [-0.3, -0.25) is 4.99 Å². The Bertz CT molecular complexity index is 98.5. The molecule has 0 heterocycles. The number of nitrogens with two attached hydrogens (primary N) is 2. The van der Waals surface area contributed by atoms with Crippen LogP contribution in [0.3, 0.4) is 0 Å². The third kappa shape index (κ3) is 3.08. The number of amidine groups is 1. The average Bonchev–Trinajstić information content (AvgIpc) is 1.87. The van der Waals surface area contributed by atoms with Crippen LogP contribution in [0.15, 0.2) is 4.99 Å². The Morgan fingerprint density at radius 3 is 2.44 bits per heavy atom. The summed E-state index contributed by atoms with van der Waals surface area (Å²) in [5.74, 6) is 0.569. The van der Waals surface area contributed by atoms with Crippen LogP contribution in [-0.4, -0.2) is 18.4 Å². The van der Waals surface area contributed by atoms with Gasteiger partial charge in [0.25, 0.3) is 0 Å². The van der Waals surface area contributed by atoms with Crippen molar-refractivity contribution in [3.05, 3.63) is 0 Å². The van der Waals surface area contributed by atoms with Gasteiger partial charge in [-0.25, -0.2) is 0 Å². The first-order valence-electron chi connectivity index (χ1n) is 3.27. The second kappa shape index (κ2) is 4.32. The predicted molar refractivity (Wildman–Crippen MR) is 40.4 cm³/mol. The highest BCUT2D eigenvalue weighted by Gasteiger charge is 2.00. The van der Waals surface area contributed by atoms with Crippen molar-refractivity contribution >= 4 is 5.84 Å². The molecule has 3 heteroatoms. The first-order chi connectivity index (χ1) is 4.22. The SMILES string of the molecule is CCN=C(N)[C@@H](N)CC. The fourth-order valence-electron chi connectivity index (χ4n) is 0.509. The van der Waals surface area contributed by atoms with Gasteiger partial charge in [0.15, 0.2) is 0 Å². The van der Waals surface area contributed by atoms with E-state index in [9.17, 15) is 0 Å². The fourth-order valence-corrected chi connectivity index (χ4v) is 0.509. The lowest BCUT2D eigenvalue weighted by Gasteiger charge is -2.05. The van der Waals surface area contributed by atoms with E-state index >= 15 is 0 Å². The van der Waals surface area contributed by atoms with Crippen molar-refractivity contribution in [1.29, 1.82) is 0 Å². The van der Waals surface area contributed by atoms with Gasteiger partial charge in [-0.1, -0.05) is 6.92 Å². The summed E-state index contributed by atoms with van der Waals surface area (Å²) >= 11 is 0. The van der Waals surface area contributed by atoms with E-state index in [0.29, 0.717) is 5.84 Å². The summed E-state index contributed by atoms with van der Waals surface area (Å²) in [7, 11) is 0. The maximum atomic E-state index is 5.55. The zero-order chi connectivity index (χ0) is 7.28. The molecule has 0 aliphatic heterocycles. The summed E-state index contributed by atoms with van der Waals surface area (Å²) in [4.78, 5) is 3.96. The lowest BCUT2D eigenvalue weighted by Crippen LogP contribution is -2.36. The van der Waals surface area contributed by atoms with E-state index in [2.05, 4.69) is 4.99 Å². The Hall–Kier alpha value is -0.570. The number of rotatable bonds is 3. The van der Waals surface area contributed by atoms with Gasteiger partial charge in [0.1, 0.15) is 5.84 Å². The number of hydrogen-bond donors (Lipinski definition) is 2. The van der Waals surface area contributed by atoms with Crippen LogP contribution < -0.4 is 11.5 Å². The second-order valence-corrected chi connectivity index (χ2v) is 1.91. The Morgan fingerprint density at radius 2 is 2.11 bits per heavy atom. The summed E-state index contributed by atoms with van der Waals surface area (Å²) in [5, 5.41) is 0. The third-order valence-corrected chi connectivity index (χ3v) is 1.16. The van der Waals surface area contributed by atoms with Gasteiger partial charge in [-0.2, -0.15) is 0 Å². The molecule has 3 nitrogen and oxygen atoms in total. The first kappa shape index (κ1) is 8.43. The number of nitrogens with zero attached hydrogens (tertiary/aromatic N) is 1. The highest BCUT2D eigenvalue weighted by molar-refractivity contribution is 5.85. The Morgan fingerprint density at radius 1 is 1.56 bits per heavy atom. The van der Waals surface area contributed by atoms with Crippen molar-refractivity contribution in [2.75, 3.05) is 6.54 Å². The van der Waals surface area contributed by atoms with Crippen LogP contribution >= 0.6 is 0 Å². The van der Waals surface area contributed by atoms with E-state index < -0.39 is 0 Å². The van der Waals surface area contributed by atoms with Crippen LogP contribution in [0.5, 0.6) is 0 Å². The zero-order valence-electron chi connectivity index (χ0n) is 6.09. The molecule has 4 N–H and O–H groups in total. The van der Waals surface area contributed by atoms with Crippen LogP contribution in [-0.2, 0) is 0 Å². The standard InChI is InChI=1S/C6H15N3/c1-3-5(7)6(8)9-4-2/h5H,3-4,7H2,1-2H3,(H2,8,9)/t5-/m0/s1. The Balaban J connectivity index is 3.70. The molecule has 0 aromatic heterocycles. The lowest BCUT2D eigenvalue weighted by molar-refractivity contribution is 0.806. The molecule has 0 bridgehead atoms. The van der Waals surface area contributed by atoms with Crippen LogP contribution in [0.4, 0.5) is 0 Å². The Labute approximate surface area is 56.1 Å². The van der Waals surface area contributed by atoms with E-state index in [4.69, 9.17) is 11.5 Å². The van der Waals surface area contributed by atoms with Crippen molar-refractivity contribution in [2.24, 2.45) is 16.5 Å². The summed E-state index contributed by atoms with van der Waals surface area (Å²) in [5.41, 5.74) is 11.0. The molecule has 0 saturated heterocycles. The molecule has 54 valence electrons. The largest absolute Gasteiger partial charge is 0.386 e. The molecule has 0 saturated carbocycles. The lowest BCUT2D eigenvalue weighted by atomic mass is 10.2. The third-order valence-electron chi connectivity index (χ3n) is 1.16. The van der Waals surface area contributed by atoms with Crippen molar-refractivity contribution in [3.63, 3.8) is 0 Å². The number of hydrogen-bond acceptors (Lipinski definition) is 2. The monoisotopic (exact) mass is 129 g/mol. The van der Waals surface area contributed by atoms with Crippen molar-refractivity contribution in [1.82, 2.24) is 0 Å². The summed E-state index contributed by atoms with van der Waals surface area (Å²) in [6, 6.07) is -0.0510. The summed E-state index contributed by atoms with van der Waals surface area (Å²) < 4.78 is 0. The molecule has 0 rings (SSSR count). The van der Waals surface area contributed by atoms with E-state index in [1.165, 1.54) is 0 Å². The van der Waals surface area contributed by atoms with Gasteiger partial charge in [0.2, 0.25) is 0 Å². The van der Waals surface area contributed by atoms with Crippen LogP contribution in [0.25, 0.3) is 0 Å². The zero-order valence-corrected chi connectivity index (χ0v) is 6.09. The molecule has 0 unspecified atom stereocenters. The molecule has 0 aliphatic carbocycles. The molecule has 0 aromatic carbocycles. The highest BCUT2D eigenvalue weighted by atomic mass is 14.9. The van der Waals surface area contributed by atoms with Crippen molar-refractivity contribution in [2.45, 2.75) is 26.3 Å². The molecular weight excluding hydrogens is 114 g/mol. The van der Waals surface area contributed by atoms with Gasteiger partial charge in [0.05, 0.1) is 6.04 Å². The molecule has 0 radical (unpaired) electrons. The molecule has 0 fully saturated rings. The quantitative estimate of drug-likeness (QED) is 0.419. The summed E-state index contributed by atoms with van der Waals surface area (Å²) in [6.07, 6.45) is 0.856. The van der Waals surface area contributed by atoms with Crippen molar-refractivity contribution in [3.8, 4) is 0 Å². The molecule has 1 atom stereocenters. The average molecular weight is 129 g/mol. The minimum absolute atomic E-state index is 0.0510. The molecule has 0 amide bonds. The van der Waals surface area contributed by atoms with Gasteiger partial charge < -0.3 is 11.5 Å². The van der Waals surface area contributed by atoms with Crippen molar-refractivity contribution < 1.29 is 0 Å². The van der Waals surface area contributed by atoms with Gasteiger partial charge >= 0.3 is 0 Å². The van der Waals surface area contributed by atoms with E-state index in [1.807, 2.05) is 13.8 Å².